The molecule has 0 saturated carbocycles. The van der Waals surface area contributed by atoms with E-state index in [2.05, 4.69) is 5.32 Å². The molecule has 204 valence electrons. The number of pyridine rings is 2. The maximum Gasteiger partial charge on any atom is 0.343 e. The Labute approximate surface area is 222 Å². The number of nitrogens with one attached hydrogen (secondary N) is 1. The third-order valence-electron chi connectivity index (χ3n) is 8.40. The molecule has 1 amide bonds. The molecule has 1 unspecified atom stereocenters. The normalized spacial score (nSPS) is 21.7. The maximum atomic E-state index is 15.0. The Morgan fingerprint density at radius 1 is 1.33 bits per heavy atom. The van der Waals surface area contributed by atoms with Crippen LogP contribution in [0, 0.1) is 12.7 Å². The number of cyclic esters (lactones) is 1. The van der Waals surface area contributed by atoms with Gasteiger partial charge in [0.05, 0.1) is 41.7 Å². The van der Waals surface area contributed by atoms with Crippen molar-refractivity contribution in [3.8, 4) is 11.4 Å². The summed E-state index contributed by atoms with van der Waals surface area (Å²) in [5, 5.41) is 24.2. The van der Waals surface area contributed by atoms with E-state index in [0.29, 0.717) is 35.3 Å². The van der Waals surface area contributed by atoms with Gasteiger partial charge in [-0.25, -0.2) is 14.2 Å². The van der Waals surface area contributed by atoms with Gasteiger partial charge in [0.15, 0.2) is 5.60 Å². The van der Waals surface area contributed by atoms with Crippen molar-refractivity contribution < 1.29 is 28.9 Å². The minimum absolute atomic E-state index is 0.0168. The van der Waals surface area contributed by atoms with Crippen LogP contribution in [0.5, 0.6) is 0 Å². The van der Waals surface area contributed by atoms with E-state index in [0.717, 1.165) is 22.1 Å². The van der Waals surface area contributed by atoms with Gasteiger partial charge >= 0.3 is 5.97 Å². The number of nitrogens with two attached hydrogens (primary N) is 1. The summed E-state index contributed by atoms with van der Waals surface area (Å²) in [5.41, 5.74) is 7.89. The Balaban J connectivity index is 1.58. The van der Waals surface area contributed by atoms with Crippen LogP contribution in [0.3, 0.4) is 0 Å². The first-order valence-corrected chi connectivity index (χ1v) is 13.1. The molecule has 11 heteroatoms. The second kappa shape index (κ2) is 8.94. The molecule has 3 aliphatic rings. The highest BCUT2D eigenvalue weighted by molar-refractivity contribution is 5.94. The first kappa shape index (κ1) is 25.6. The van der Waals surface area contributed by atoms with Crippen LogP contribution in [0.15, 0.2) is 16.9 Å². The van der Waals surface area contributed by atoms with E-state index in [1.165, 1.54) is 10.6 Å². The number of carbonyl (C=O) groups excluding carboxylic acids is 2. The minimum atomic E-state index is -1.96. The molecule has 0 radical (unpaired) electrons. The Hall–Kier alpha value is -3.67. The Kier molecular flexibility index (Phi) is 5.87. The molecular formula is C28H29FN4O6. The molecule has 6 rings (SSSR count). The van der Waals surface area contributed by atoms with E-state index in [9.17, 15) is 29.0 Å². The summed E-state index contributed by atoms with van der Waals surface area (Å²) in [6.45, 7) is 2.94. The van der Waals surface area contributed by atoms with Gasteiger partial charge in [0, 0.05) is 35.0 Å². The number of halogens is 1. The zero-order valence-corrected chi connectivity index (χ0v) is 21.6. The zero-order chi connectivity index (χ0) is 27.8. The molecule has 0 saturated heterocycles. The lowest BCUT2D eigenvalue weighted by molar-refractivity contribution is -0.172. The average molecular weight is 537 g/mol. The number of aliphatic hydroxyl groups is 2. The number of esters is 1. The highest BCUT2D eigenvalue weighted by Crippen LogP contribution is 2.45. The summed E-state index contributed by atoms with van der Waals surface area (Å²) < 4.78 is 21.7. The van der Waals surface area contributed by atoms with Crippen LogP contribution in [0.2, 0.25) is 0 Å². The number of aromatic nitrogens is 2. The molecule has 2 aromatic heterocycles. The van der Waals surface area contributed by atoms with Crippen LogP contribution in [-0.2, 0) is 39.5 Å². The number of amides is 1. The Bertz CT molecular complexity index is 1650. The number of aryl methyl sites for hydroxylation is 1. The van der Waals surface area contributed by atoms with Crippen molar-refractivity contribution in [3.05, 3.63) is 61.7 Å². The van der Waals surface area contributed by atoms with Crippen molar-refractivity contribution >= 4 is 22.8 Å². The third-order valence-corrected chi connectivity index (χ3v) is 8.40. The number of hydrogen-bond donors (Lipinski definition) is 4. The first-order chi connectivity index (χ1) is 18.6. The quantitative estimate of drug-likeness (QED) is 0.279. The fourth-order valence-corrected chi connectivity index (χ4v) is 6.25. The van der Waals surface area contributed by atoms with Crippen LogP contribution in [0.4, 0.5) is 4.39 Å². The van der Waals surface area contributed by atoms with Crippen LogP contribution in [0.25, 0.3) is 22.3 Å². The smallest absolute Gasteiger partial charge is 0.343 e. The molecule has 0 bridgehead atoms. The number of benzene rings is 1. The van der Waals surface area contributed by atoms with Gasteiger partial charge in [-0.05, 0) is 48.9 Å². The molecule has 1 aliphatic carbocycles. The van der Waals surface area contributed by atoms with Crippen molar-refractivity contribution in [2.24, 2.45) is 5.73 Å². The number of aliphatic hydroxyl groups excluding tert-OH is 1. The number of ether oxygens (including phenoxy) is 1. The first-order valence-electron chi connectivity index (χ1n) is 13.1. The third kappa shape index (κ3) is 3.64. The minimum Gasteiger partial charge on any atom is -0.458 e. The highest BCUT2D eigenvalue weighted by Gasteiger charge is 2.46. The van der Waals surface area contributed by atoms with Crippen molar-refractivity contribution in [3.63, 3.8) is 0 Å². The fraction of sp³-hybridized carbons (Fsp3) is 0.429. The van der Waals surface area contributed by atoms with Crippen molar-refractivity contribution in [2.75, 3.05) is 6.61 Å². The van der Waals surface area contributed by atoms with Gasteiger partial charge < -0.3 is 30.6 Å². The summed E-state index contributed by atoms with van der Waals surface area (Å²) in [6, 6.07) is 1.83. The zero-order valence-electron chi connectivity index (χ0n) is 21.6. The molecule has 5 N–H and O–H groups in total. The summed E-state index contributed by atoms with van der Waals surface area (Å²) in [7, 11) is 0. The second-order valence-corrected chi connectivity index (χ2v) is 10.6. The molecule has 1 aromatic carbocycles. The summed E-state index contributed by atoms with van der Waals surface area (Å²) in [6.07, 6.45) is 0.981. The largest absolute Gasteiger partial charge is 0.458 e. The van der Waals surface area contributed by atoms with Gasteiger partial charge in [0.2, 0.25) is 5.91 Å². The molecular weight excluding hydrogens is 507 g/mol. The van der Waals surface area contributed by atoms with Crippen molar-refractivity contribution in [1.29, 1.82) is 0 Å². The fourth-order valence-electron chi connectivity index (χ4n) is 6.25. The number of rotatable bonds is 5. The van der Waals surface area contributed by atoms with Crippen LogP contribution in [0.1, 0.15) is 65.6 Å². The number of hydrogen-bond acceptors (Lipinski definition) is 8. The molecule has 39 heavy (non-hydrogen) atoms. The van der Waals surface area contributed by atoms with Gasteiger partial charge in [-0.1, -0.05) is 6.92 Å². The topological polar surface area (TPSA) is 157 Å². The molecule has 3 atom stereocenters. The van der Waals surface area contributed by atoms with Gasteiger partial charge in [-0.2, -0.15) is 0 Å². The van der Waals surface area contributed by atoms with Gasteiger partial charge in [0.1, 0.15) is 12.4 Å². The van der Waals surface area contributed by atoms with Crippen LogP contribution >= 0.6 is 0 Å². The van der Waals surface area contributed by atoms with E-state index in [4.69, 9.17) is 15.5 Å². The molecule has 0 fully saturated rings. The molecule has 10 nitrogen and oxygen atoms in total. The van der Waals surface area contributed by atoms with Gasteiger partial charge in [-0.15, -0.1) is 0 Å². The van der Waals surface area contributed by atoms with E-state index in [1.54, 1.807) is 19.9 Å². The lowest BCUT2D eigenvalue weighted by Gasteiger charge is -2.31. The van der Waals surface area contributed by atoms with Gasteiger partial charge in [-0.3, -0.25) is 9.59 Å². The van der Waals surface area contributed by atoms with Crippen molar-refractivity contribution in [1.82, 2.24) is 14.9 Å². The summed E-state index contributed by atoms with van der Waals surface area (Å²) in [5.74, 6) is -1.53. The van der Waals surface area contributed by atoms with Crippen LogP contribution < -0.4 is 16.6 Å². The van der Waals surface area contributed by atoms with E-state index >= 15 is 0 Å². The lowest BCUT2D eigenvalue weighted by Crippen LogP contribution is -2.44. The Morgan fingerprint density at radius 2 is 2.10 bits per heavy atom. The van der Waals surface area contributed by atoms with E-state index in [1.807, 2.05) is 0 Å². The predicted molar refractivity (Wildman–Crippen MR) is 138 cm³/mol. The van der Waals surface area contributed by atoms with Gasteiger partial charge in [0.25, 0.3) is 5.56 Å². The lowest BCUT2D eigenvalue weighted by atomic mass is 9.81. The summed E-state index contributed by atoms with van der Waals surface area (Å²) >= 11 is 0. The van der Waals surface area contributed by atoms with Crippen molar-refractivity contribution in [2.45, 2.75) is 70.4 Å². The van der Waals surface area contributed by atoms with E-state index in [-0.39, 0.29) is 49.6 Å². The number of carbonyl (C=O) groups is 2. The molecule has 4 heterocycles. The predicted octanol–water partition coefficient (Wildman–Crippen LogP) is 1.34. The maximum absolute atomic E-state index is 15.0. The number of fused-ring (bicyclic) bond motifs is 5. The molecule has 2 aliphatic heterocycles. The molecule has 3 aromatic rings. The molecule has 0 spiro atoms. The standard InChI is InChI=1S/C28H29FN4O6/c1-3-28(38)17-7-21-25-15(9-33(21)26(36)16(17)11-39-27(28)37)24-19(31-22(35)6-13(30)10-34)5-4-14-12(2)18(29)8-20(32-25)23(14)24/h7-8,13,19,34,38H,3-6,9-11,30H2,1-2H3,(H,31,35)/t13?,19-,28-/m0/s1. The summed E-state index contributed by atoms with van der Waals surface area (Å²) in [4.78, 5) is 43.7. The number of nitrogens with zero attached hydrogens (tertiary/aromatic N) is 2. The monoisotopic (exact) mass is 536 g/mol. The SMILES string of the molecule is CC[C@@]1(O)C(=O)OCc2c1cc1n(c2=O)Cc2c-1nc1cc(F)c(C)c3c1c2[C@@H](NC(=O)CC(N)CO)CC3. The second-order valence-electron chi connectivity index (χ2n) is 10.6. The Morgan fingerprint density at radius 3 is 2.82 bits per heavy atom. The average Bonchev–Trinajstić information content (AvgIpc) is 3.28. The highest BCUT2D eigenvalue weighted by atomic mass is 19.1. The van der Waals surface area contributed by atoms with Crippen LogP contribution in [-0.4, -0.2) is 44.3 Å². The van der Waals surface area contributed by atoms with E-state index < -0.39 is 35.0 Å².